The number of carbonyl (C=O) groups excluding carboxylic acids is 1. The van der Waals surface area contributed by atoms with Crippen molar-refractivity contribution in [3.8, 4) is 0 Å². The summed E-state index contributed by atoms with van der Waals surface area (Å²) in [5, 5.41) is 11.4. The zero-order valence-corrected chi connectivity index (χ0v) is 11.7. The van der Waals surface area contributed by atoms with Crippen molar-refractivity contribution in [2.24, 2.45) is 0 Å². The van der Waals surface area contributed by atoms with Gasteiger partial charge in [-0.3, -0.25) is 4.79 Å². The molecule has 1 rings (SSSR count). The van der Waals surface area contributed by atoms with Gasteiger partial charge in [0.15, 0.2) is 0 Å². The minimum Gasteiger partial charge on any atom is -0.478 e. The third kappa shape index (κ3) is 4.85. The second-order valence-corrected chi connectivity index (χ2v) is 4.14. The Hall–Kier alpha value is -2.14. The molecule has 0 aliphatic rings. The van der Waals surface area contributed by atoms with E-state index in [9.17, 15) is 9.59 Å². The first-order valence-corrected chi connectivity index (χ1v) is 6.42. The molecule has 0 fully saturated rings. The van der Waals surface area contributed by atoms with Crippen LogP contribution in [0, 0.1) is 6.92 Å². The molecule has 0 saturated carbocycles. The van der Waals surface area contributed by atoms with Crippen LogP contribution in [0.4, 0.5) is 0 Å². The van der Waals surface area contributed by atoms with Gasteiger partial charge in [-0.25, -0.2) is 4.79 Å². The Balaban J connectivity index is 2.77. The molecule has 1 aromatic carbocycles. The summed E-state index contributed by atoms with van der Waals surface area (Å²) in [7, 11) is 0. The van der Waals surface area contributed by atoms with Gasteiger partial charge >= 0.3 is 5.97 Å². The van der Waals surface area contributed by atoms with Gasteiger partial charge in [0.1, 0.15) is 0 Å². The number of carboxylic acid groups (broad SMARTS) is 1. The molecule has 108 valence electrons. The number of hydrogen-bond donors (Lipinski definition) is 2. The Kier molecular flexibility index (Phi) is 6.46. The Morgan fingerprint density at radius 2 is 2.15 bits per heavy atom. The van der Waals surface area contributed by atoms with Gasteiger partial charge in [0, 0.05) is 24.8 Å². The minimum absolute atomic E-state index is 0.187. The maximum Gasteiger partial charge on any atom is 0.328 e. The van der Waals surface area contributed by atoms with Gasteiger partial charge in [0.25, 0.3) is 5.91 Å². The van der Waals surface area contributed by atoms with Crippen molar-refractivity contribution in [2.75, 3.05) is 19.8 Å². The SMILES string of the molecule is CCOCCNC(=O)c1cccc(C=CC(=O)O)c1C. The smallest absolute Gasteiger partial charge is 0.328 e. The van der Waals surface area contributed by atoms with Crippen LogP contribution in [0.5, 0.6) is 0 Å². The van der Waals surface area contributed by atoms with Crippen LogP contribution in [0.1, 0.15) is 28.4 Å². The van der Waals surface area contributed by atoms with Gasteiger partial charge in [0.05, 0.1) is 6.61 Å². The van der Waals surface area contributed by atoms with Crippen molar-refractivity contribution in [1.29, 1.82) is 0 Å². The Morgan fingerprint density at radius 3 is 2.80 bits per heavy atom. The fourth-order valence-electron chi connectivity index (χ4n) is 1.72. The first-order valence-electron chi connectivity index (χ1n) is 6.42. The van der Waals surface area contributed by atoms with Crippen molar-refractivity contribution in [3.63, 3.8) is 0 Å². The normalized spacial score (nSPS) is 10.7. The molecule has 0 bridgehead atoms. The van der Waals surface area contributed by atoms with Crippen LogP contribution in [-0.4, -0.2) is 36.7 Å². The molecular formula is C15H19NO4. The van der Waals surface area contributed by atoms with E-state index in [4.69, 9.17) is 9.84 Å². The van der Waals surface area contributed by atoms with Crippen LogP contribution in [0.2, 0.25) is 0 Å². The summed E-state index contributed by atoms with van der Waals surface area (Å²) in [6.07, 6.45) is 2.54. The van der Waals surface area contributed by atoms with E-state index in [0.717, 1.165) is 11.6 Å². The van der Waals surface area contributed by atoms with Gasteiger partial charge in [0.2, 0.25) is 0 Å². The average molecular weight is 277 g/mol. The minimum atomic E-state index is -1.02. The van der Waals surface area contributed by atoms with Gasteiger partial charge in [-0.15, -0.1) is 0 Å². The fourth-order valence-corrected chi connectivity index (χ4v) is 1.72. The zero-order valence-electron chi connectivity index (χ0n) is 11.7. The maximum atomic E-state index is 12.0. The fraction of sp³-hybridized carbons (Fsp3) is 0.333. The van der Waals surface area contributed by atoms with E-state index in [1.165, 1.54) is 6.08 Å². The molecule has 0 heterocycles. The molecule has 1 amide bonds. The number of ether oxygens (including phenoxy) is 1. The number of aliphatic carboxylic acids is 1. The van der Waals surface area contributed by atoms with E-state index < -0.39 is 5.97 Å². The van der Waals surface area contributed by atoms with Crippen molar-refractivity contribution < 1.29 is 19.4 Å². The molecule has 2 N–H and O–H groups in total. The highest BCUT2D eigenvalue weighted by molar-refractivity contribution is 5.97. The zero-order chi connectivity index (χ0) is 15.0. The van der Waals surface area contributed by atoms with Crippen LogP contribution in [-0.2, 0) is 9.53 Å². The summed E-state index contributed by atoms with van der Waals surface area (Å²) in [4.78, 5) is 22.5. The van der Waals surface area contributed by atoms with Gasteiger partial charge in [-0.05, 0) is 37.1 Å². The molecule has 5 nitrogen and oxygen atoms in total. The predicted octanol–water partition coefficient (Wildman–Crippen LogP) is 1.86. The van der Waals surface area contributed by atoms with Crippen LogP contribution >= 0.6 is 0 Å². The highest BCUT2D eigenvalue weighted by Gasteiger charge is 2.10. The molecule has 0 atom stereocenters. The van der Waals surface area contributed by atoms with Crippen LogP contribution in [0.3, 0.4) is 0 Å². The summed E-state index contributed by atoms with van der Waals surface area (Å²) in [5.41, 5.74) is 2.00. The molecule has 0 spiro atoms. The standard InChI is InChI=1S/C15H19NO4/c1-3-20-10-9-16-15(19)13-6-4-5-12(11(13)2)7-8-14(17)18/h4-8H,3,9-10H2,1-2H3,(H,16,19)(H,17,18). The predicted molar refractivity (Wildman–Crippen MR) is 76.7 cm³/mol. The first-order chi connectivity index (χ1) is 9.56. The van der Waals surface area contributed by atoms with Crippen LogP contribution in [0.25, 0.3) is 6.08 Å². The lowest BCUT2D eigenvalue weighted by Gasteiger charge is -2.09. The van der Waals surface area contributed by atoms with E-state index >= 15 is 0 Å². The number of amides is 1. The Morgan fingerprint density at radius 1 is 1.40 bits per heavy atom. The van der Waals surface area contributed by atoms with Crippen molar-refractivity contribution in [3.05, 3.63) is 41.0 Å². The number of nitrogens with one attached hydrogen (secondary N) is 1. The number of carboxylic acids is 1. The van der Waals surface area contributed by atoms with E-state index in [-0.39, 0.29) is 5.91 Å². The average Bonchev–Trinajstić information content (AvgIpc) is 2.42. The molecule has 0 aliphatic carbocycles. The van der Waals surface area contributed by atoms with Gasteiger partial charge in [-0.2, -0.15) is 0 Å². The lowest BCUT2D eigenvalue weighted by Crippen LogP contribution is -2.28. The Labute approximate surface area is 118 Å². The molecule has 0 aliphatic heterocycles. The van der Waals surface area contributed by atoms with Crippen molar-refractivity contribution in [2.45, 2.75) is 13.8 Å². The number of rotatable bonds is 7. The third-order valence-electron chi connectivity index (χ3n) is 2.76. The highest BCUT2D eigenvalue weighted by Crippen LogP contribution is 2.15. The molecule has 0 saturated heterocycles. The highest BCUT2D eigenvalue weighted by atomic mass is 16.5. The molecule has 0 radical (unpaired) electrons. The number of hydrogen-bond acceptors (Lipinski definition) is 3. The summed E-state index contributed by atoms with van der Waals surface area (Å²) < 4.78 is 5.15. The number of carbonyl (C=O) groups is 2. The molecule has 1 aromatic rings. The first kappa shape index (κ1) is 15.9. The molecule has 0 aromatic heterocycles. The van der Waals surface area contributed by atoms with Crippen LogP contribution in [0.15, 0.2) is 24.3 Å². The second-order valence-electron chi connectivity index (χ2n) is 4.14. The quantitative estimate of drug-likeness (QED) is 0.589. The van der Waals surface area contributed by atoms with E-state index in [1.807, 2.05) is 6.92 Å². The van der Waals surface area contributed by atoms with Crippen LogP contribution < -0.4 is 5.32 Å². The summed E-state index contributed by atoms with van der Waals surface area (Å²) in [5.74, 6) is -1.20. The summed E-state index contributed by atoms with van der Waals surface area (Å²) >= 11 is 0. The number of benzene rings is 1. The molecule has 5 heteroatoms. The molecule has 0 unspecified atom stereocenters. The largest absolute Gasteiger partial charge is 0.478 e. The maximum absolute atomic E-state index is 12.0. The molecule has 20 heavy (non-hydrogen) atoms. The van der Waals surface area contributed by atoms with E-state index in [2.05, 4.69) is 5.32 Å². The second kappa shape index (κ2) is 8.12. The van der Waals surface area contributed by atoms with Crippen molar-refractivity contribution >= 4 is 18.0 Å². The topological polar surface area (TPSA) is 75.6 Å². The van der Waals surface area contributed by atoms with E-state index in [0.29, 0.717) is 30.9 Å². The Bertz CT molecular complexity index is 509. The lowest BCUT2D eigenvalue weighted by atomic mass is 10.0. The summed E-state index contributed by atoms with van der Waals surface area (Å²) in [6, 6.07) is 5.21. The van der Waals surface area contributed by atoms with Crippen molar-refractivity contribution in [1.82, 2.24) is 5.32 Å². The molecular weight excluding hydrogens is 258 g/mol. The van der Waals surface area contributed by atoms with Gasteiger partial charge < -0.3 is 15.2 Å². The lowest BCUT2D eigenvalue weighted by molar-refractivity contribution is -0.131. The summed E-state index contributed by atoms with van der Waals surface area (Å²) in [6.45, 7) is 5.22. The third-order valence-corrected chi connectivity index (χ3v) is 2.76. The van der Waals surface area contributed by atoms with E-state index in [1.54, 1.807) is 25.1 Å². The van der Waals surface area contributed by atoms with Gasteiger partial charge in [-0.1, -0.05) is 12.1 Å². The monoisotopic (exact) mass is 277 g/mol.